The van der Waals surface area contributed by atoms with Crippen LogP contribution in [0.25, 0.3) is 0 Å². The molecule has 1 unspecified atom stereocenters. The lowest BCUT2D eigenvalue weighted by Crippen LogP contribution is -2.49. The maximum Gasteiger partial charge on any atom is 0.218 e. The van der Waals surface area contributed by atoms with E-state index in [1.807, 2.05) is 12.1 Å². The average molecular weight is 463 g/mol. The largest absolute Gasteiger partial charge is 0.481 e. The molecule has 0 aromatic carbocycles. The van der Waals surface area contributed by atoms with E-state index in [1.54, 1.807) is 13.3 Å². The van der Waals surface area contributed by atoms with E-state index in [0.29, 0.717) is 18.5 Å². The summed E-state index contributed by atoms with van der Waals surface area (Å²) in [4.78, 5) is 11.3. The molecule has 25 heavy (non-hydrogen) atoms. The fourth-order valence-corrected chi connectivity index (χ4v) is 2.63. The van der Waals surface area contributed by atoms with Crippen molar-refractivity contribution in [3.8, 4) is 5.88 Å². The SMILES string of the molecule is CCNC(=NCc1cccnc1OC)NCC(C)N1CCOCC1.I. The van der Waals surface area contributed by atoms with E-state index in [4.69, 9.17) is 9.47 Å². The third kappa shape index (κ3) is 7.33. The highest BCUT2D eigenvalue weighted by Crippen LogP contribution is 2.14. The number of hydrogen-bond donors (Lipinski definition) is 2. The number of morpholine rings is 1. The summed E-state index contributed by atoms with van der Waals surface area (Å²) >= 11 is 0. The summed E-state index contributed by atoms with van der Waals surface area (Å²) in [5, 5.41) is 6.70. The molecule has 1 fully saturated rings. The predicted molar refractivity (Wildman–Crippen MR) is 111 cm³/mol. The van der Waals surface area contributed by atoms with Gasteiger partial charge in [0.2, 0.25) is 5.88 Å². The van der Waals surface area contributed by atoms with Gasteiger partial charge in [0.15, 0.2) is 5.96 Å². The van der Waals surface area contributed by atoms with Gasteiger partial charge in [0.05, 0.1) is 26.9 Å². The third-order valence-corrected chi connectivity index (χ3v) is 4.03. The van der Waals surface area contributed by atoms with E-state index in [2.05, 4.69) is 39.4 Å². The van der Waals surface area contributed by atoms with Gasteiger partial charge in [-0.25, -0.2) is 9.98 Å². The van der Waals surface area contributed by atoms with Crippen LogP contribution >= 0.6 is 24.0 Å². The van der Waals surface area contributed by atoms with E-state index in [9.17, 15) is 0 Å². The predicted octanol–water partition coefficient (Wildman–Crippen LogP) is 1.48. The molecule has 1 aromatic rings. The zero-order chi connectivity index (χ0) is 17.2. The molecule has 0 bridgehead atoms. The molecule has 8 heteroatoms. The van der Waals surface area contributed by atoms with E-state index < -0.39 is 0 Å². The van der Waals surface area contributed by atoms with Crippen molar-refractivity contribution in [2.45, 2.75) is 26.4 Å². The van der Waals surface area contributed by atoms with Gasteiger partial charge >= 0.3 is 0 Å². The monoisotopic (exact) mass is 463 g/mol. The van der Waals surface area contributed by atoms with E-state index in [1.165, 1.54) is 0 Å². The molecular formula is C17H30IN5O2. The van der Waals surface area contributed by atoms with Gasteiger partial charge in [0, 0.05) is 44.0 Å². The van der Waals surface area contributed by atoms with Gasteiger partial charge in [-0.05, 0) is 19.9 Å². The summed E-state index contributed by atoms with van der Waals surface area (Å²) in [6.07, 6.45) is 1.72. The molecule has 2 rings (SSSR count). The molecule has 0 amide bonds. The van der Waals surface area contributed by atoms with Crippen LogP contribution in [-0.4, -0.2) is 68.4 Å². The number of aromatic nitrogens is 1. The Balaban J connectivity index is 0.00000312. The smallest absolute Gasteiger partial charge is 0.218 e. The van der Waals surface area contributed by atoms with Crippen molar-refractivity contribution in [2.24, 2.45) is 4.99 Å². The Morgan fingerprint density at radius 2 is 2.16 bits per heavy atom. The highest BCUT2D eigenvalue weighted by molar-refractivity contribution is 14.0. The first-order valence-corrected chi connectivity index (χ1v) is 8.56. The zero-order valence-corrected chi connectivity index (χ0v) is 17.7. The maximum atomic E-state index is 5.41. The van der Waals surface area contributed by atoms with Gasteiger partial charge in [-0.2, -0.15) is 0 Å². The molecular weight excluding hydrogens is 433 g/mol. The van der Waals surface area contributed by atoms with Gasteiger partial charge in [-0.1, -0.05) is 6.07 Å². The molecule has 1 saturated heterocycles. The summed E-state index contributed by atoms with van der Waals surface area (Å²) in [6.45, 7) is 10.1. The van der Waals surface area contributed by atoms with Gasteiger partial charge < -0.3 is 20.1 Å². The quantitative estimate of drug-likeness (QED) is 0.363. The van der Waals surface area contributed by atoms with Gasteiger partial charge in [-0.3, -0.25) is 4.90 Å². The normalized spacial score (nSPS) is 16.7. The number of hydrogen-bond acceptors (Lipinski definition) is 5. The lowest BCUT2D eigenvalue weighted by Gasteiger charge is -2.32. The first kappa shape index (κ1) is 21.9. The van der Waals surface area contributed by atoms with Crippen LogP contribution in [0.3, 0.4) is 0 Å². The summed E-state index contributed by atoms with van der Waals surface area (Å²) in [5.74, 6) is 1.43. The van der Waals surface area contributed by atoms with Crippen molar-refractivity contribution < 1.29 is 9.47 Å². The van der Waals surface area contributed by atoms with Crippen LogP contribution in [0, 0.1) is 0 Å². The van der Waals surface area contributed by atoms with Gasteiger partial charge in [0.1, 0.15) is 0 Å². The second-order valence-electron chi connectivity index (χ2n) is 5.75. The minimum Gasteiger partial charge on any atom is -0.481 e. The van der Waals surface area contributed by atoms with Gasteiger partial charge in [0.25, 0.3) is 0 Å². The van der Waals surface area contributed by atoms with E-state index in [-0.39, 0.29) is 24.0 Å². The average Bonchev–Trinajstić information content (AvgIpc) is 2.64. The molecule has 1 aliphatic rings. The van der Waals surface area contributed by atoms with Crippen molar-refractivity contribution in [3.05, 3.63) is 23.9 Å². The minimum atomic E-state index is 0. The standard InChI is InChI=1S/C17H29N5O2.HI/c1-4-18-17(20-12-14(2)22-8-10-24-11-9-22)21-13-15-6-5-7-19-16(15)23-3;/h5-7,14H,4,8-13H2,1-3H3,(H2,18,20,21);1H. The Morgan fingerprint density at radius 3 is 2.84 bits per heavy atom. The Bertz CT molecular complexity index is 524. The Labute approximate surface area is 167 Å². The van der Waals surface area contributed by atoms with Crippen LogP contribution in [-0.2, 0) is 11.3 Å². The summed E-state index contributed by atoms with van der Waals surface area (Å²) in [5.41, 5.74) is 0.971. The summed E-state index contributed by atoms with van der Waals surface area (Å²) in [6, 6.07) is 4.31. The number of guanidine groups is 1. The highest BCUT2D eigenvalue weighted by Gasteiger charge is 2.17. The number of aliphatic imine (C=N–C) groups is 1. The van der Waals surface area contributed by atoms with Crippen LogP contribution in [0.2, 0.25) is 0 Å². The molecule has 142 valence electrons. The maximum absolute atomic E-state index is 5.41. The molecule has 2 heterocycles. The van der Waals surface area contributed by atoms with Crippen molar-refractivity contribution in [1.82, 2.24) is 20.5 Å². The molecule has 2 N–H and O–H groups in total. The van der Waals surface area contributed by atoms with Crippen LogP contribution < -0.4 is 15.4 Å². The van der Waals surface area contributed by atoms with Crippen LogP contribution in [0.5, 0.6) is 5.88 Å². The molecule has 0 aliphatic carbocycles. The lowest BCUT2D eigenvalue weighted by molar-refractivity contribution is 0.0211. The second-order valence-corrected chi connectivity index (χ2v) is 5.75. The lowest BCUT2D eigenvalue weighted by atomic mass is 10.2. The Hall–Kier alpha value is -1.13. The van der Waals surface area contributed by atoms with Crippen LogP contribution in [0.15, 0.2) is 23.3 Å². The fraction of sp³-hybridized carbons (Fsp3) is 0.647. The van der Waals surface area contributed by atoms with Crippen LogP contribution in [0.4, 0.5) is 0 Å². The fourth-order valence-electron chi connectivity index (χ4n) is 2.63. The number of pyridine rings is 1. The van der Waals surface area contributed by atoms with Crippen molar-refractivity contribution >= 4 is 29.9 Å². The molecule has 1 aliphatic heterocycles. The minimum absolute atomic E-state index is 0. The first-order valence-electron chi connectivity index (χ1n) is 8.56. The molecule has 0 radical (unpaired) electrons. The molecule has 7 nitrogen and oxygen atoms in total. The van der Waals surface area contributed by atoms with E-state index >= 15 is 0 Å². The Kier molecular flexibility index (Phi) is 10.7. The zero-order valence-electron chi connectivity index (χ0n) is 15.3. The highest BCUT2D eigenvalue weighted by atomic mass is 127. The molecule has 0 spiro atoms. The topological polar surface area (TPSA) is 71.0 Å². The Morgan fingerprint density at radius 1 is 1.40 bits per heavy atom. The second kappa shape index (κ2) is 12.3. The van der Waals surface area contributed by atoms with Crippen LogP contribution in [0.1, 0.15) is 19.4 Å². The summed E-state index contributed by atoms with van der Waals surface area (Å²) < 4.78 is 10.7. The summed E-state index contributed by atoms with van der Waals surface area (Å²) in [7, 11) is 1.63. The number of nitrogens with zero attached hydrogens (tertiary/aromatic N) is 3. The number of nitrogens with one attached hydrogen (secondary N) is 2. The van der Waals surface area contributed by atoms with Gasteiger partial charge in [-0.15, -0.1) is 24.0 Å². The van der Waals surface area contributed by atoms with Crippen molar-refractivity contribution in [3.63, 3.8) is 0 Å². The number of halogens is 1. The molecule has 1 atom stereocenters. The molecule has 1 aromatic heterocycles. The number of rotatable bonds is 7. The molecule has 0 saturated carbocycles. The first-order chi connectivity index (χ1) is 11.7. The van der Waals surface area contributed by atoms with E-state index in [0.717, 1.165) is 50.9 Å². The van der Waals surface area contributed by atoms with Crippen molar-refractivity contribution in [2.75, 3.05) is 46.5 Å². The third-order valence-electron chi connectivity index (χ3n) is 4.03. The van der Waals surface area contributed by atoms with Crippen molar-refractivity contribution in [1.29, 1.82) is 0 Å². The number of methoxy groups -OCH3 is 1. The number of ether oxygens (including phenoxy) is 2.